The minimum atomic E-state index is -5.43. The molecule has 2 amide bonds. The molecule has 3 aliphatic heterocycles. The zero-order valence-corrected chi connectivity index (χ0v) is 21.3. The molecule has 0 aliphatic carbocycles. The highest BCUT2D eigenvalue weighted by Gasteiger charge is 2.48. The van der Waals surface area contributed by atoms with Gasteiger partial charge < -0.3 is 15.1 Å². The number of alkyl halides is 5. The Hall–Kier alpha value is -3.40. The fraction of sp³-hybridized carbons (Fsp3) is 0.583. The number of amides is 2. The van der Waals surface area contributed by atoms with E-state index in [4.69, 9.17) is 0 Å². The second kappa shape index (κ2) is 10.2. The van der Waals surface area contributed by atoms with Crippen molar-refractivity contribution in [2.75, 3.05) is 44.2 Å². The number of carbonyl (C=O) groups excluding carboxylic acids is 3. The number of fused-ring (bicyclic) bond motifs is 1. The van der Waals surface area contributed by atoms with Crippen molar-refractivity contribution in [1.29, 1.82) is 0 Å². The number of rotatable bonds is 4. The maximum Gasteiger partial charge on any atom is 0.493 e. The third-order valence-corrected chi connectivity index (χ3v) is 7.59. The van der Waals surface area contributed by atoms with Crippen LogP contribution in [0.1, 0.15) is 30.9 Å². The molecule has 2 atom stereocenters. The maximum atomic E-state index is 15.4. The van der Waals surface area contributed by atoms with Crippen LogP contribution in [0.4, 0.5) is 32.0 Å². The summed E-state index contributed by atoms with van der Waals surface area (Å²) in [4.78, 5) is 43.7. The number of nitrogens with one attached hydrogen (secondary N) is 1. The van der Waals surface area contributed by atoms with Gasteiger partial charge in [0, 0.05) is 45.0 Å². The molecule has 16 heteroatoms. The molecular weight excluding hydrogens is 550 g/mol. The van der Waals surface area contributed by atoms with Crippen LogP contribution in [-0.4, -0.2) is 94.9 Å². The number of anilines is 1. The van der Waals surface area contributed by atoms with E-state index in [0.29, 0.717) is 44.7 Å². The number of hydrogen-bond donors (Lipinski definition) is 1. The molecule has 1 unspecified atom stereocenters. The van der Waals surface area contributed by atoms with Crippen molar-refractivity contribution in [2.24, 2.45) is 7.05 Å². The Balaban J connectivity index is 1.36. The fourth-order valence-electron chi connectivity index (χ4n) is 5.58. The number of aryl methyl sites for hydroxylation is 1. The lowest BCUT2D eigenvalue weighted by Crippen LogP contribution is -2.61. The van der Waals surface area contributed by atoms with E-state index in [0.717, 1.165) is 6.07 Å². The molecule has 218 valence electrons. The van der Waals surface area contributed by atoms with Gasteiger partial charge in [-0.05, 0) is 31.5 Å². The summed E-state index contributed by atoms with van der Waals surface area (Å²) in [6.07, 6.45) is -5.65. The van der Waals surface area contributed by atoms with Crippen molar-refractivity contribution in [1.82, 2.24) is 25.1 Å². The summed E-state index contributed by atoms with van der Waals surface area (Å²) in [5.74, 6) is -9.85. The summed E-state index contributed by atoms with van der Waals surface area (Å²) in [5.41, 5.74) is 0.637. The average molecular weight is 576 g/mol. The van der Waals surface area contributed by atoms with E-state index in [1.807, 2.05) is 0 Å². The Labute approximate surface area is 223 Å². The van der Waals surface area contributed by atoms with Crippen LogP contribution in [0, 0.1) is 5.82 Å². The van der Waals surface area contributed by atoms with Gasteiger partial charge in [0.2, 0.25) is 0 Å². The molecule has 1 aromatic carbocycles. The lowest BCUT2D eigenvalue weighted by Gasteiger charge is -2.44. The van der Waals surface area contributed by atoms with Gasteiger partial charge in [-0.15, -0.1) is 5.06 Å². The fourth-order valence-corrected chi connectivity index (χ4v) is 5.58. The standard InChI is InChI=1S/C24H26F6N6O4/c1-33-16-11-17(34-6-8-35(9-7-34)18-4-5-31-12-23(18,26)27)15(25)10-14(16)20(32-33)13-2-3-19(37)36(21(13)38)40-22(39)24(28,29)30/h10-11,13,18,31H,2-9,12H2,1H3/t13?,18-/m0/s1. The smallest absolute Gasteiger partial charge is 0.367 e. The van der Waals surface area contributed by atoms with E-state index in [9.17, 15) is 36.3 Å². The van der Waals surface area contributed by atoms with Crippen molar-refractivity contribution in [2.45, 2.75) is 43.3 Å². The van der Waals surface area contributed by atoms with E-state index in [-0.39, 0.29) is 34.8 Å². The molecule has 1 N–H and O–H groups in total. The summed E-state index contributed by atoms with van der Waals surface area (Å²) in [6.45, 7) is 1.34. The summed E-state index contributed by atoms with van der Waals surface area (Å²) in [5, 5.41) is 6.98. The SMILES string of the molecule is Cn1nc(C2CCC(=O)N(OC(=O)C(F)(F)F)C2=O)c2cc(F)c(N3CCN([C@H]4CCNCC4(F)F)CC3)cc21. The van der Waals surface area contributed by atoms with Crippen LogP contribution >= 0.6 is 0 Å². The highest BCUT2D eigenvalue weighted by atomic mass is 19.4. The molecule has 1 aromatic heterocycles. The number of nitrogens with zero attached hydrogens (tertiary/aromatic N) is 5. The van der Waals surface area contributed by atoms with Gasteiger partial charge in [0.15, 0.2) is 0 Å². The van der Waals surface area contributed by atoms with E-state index in [2.05, 4.69) is 15.3 Å². The first-order chi connectivity index (χ1) is 18.8. The lowest BCUT2D eigenvalue weighted by molar-refractivity contribution is -0.237. The first-order valence-corrected chi connectivity index (χ1v) is 12.7. The van der Waals surface area contributed by atoms with Crippen molar-refractivity contribution >= 4 is 34.4 Å². The van der Waals surface area contributed by atoms with Crippen LogP contribution in [0.3, 0.4) is 0 Å². The lowest BCUT2D eigenvalue weighted by atomic mass is 9.92. The number of imide groups is 1. The van der Waals surface area contributed by atoms with E-state index in [1.54, 1.807) is 9.80 Å². The topological polar surface area (TPSA) is 100 Å². The highest BCUT2D eigenvalue weighted by molar-refractivity contribution is 6.02. The molecular formula is C24H26F6N6O4. The number of benzene rings is 1. The van der Waals surface area contributed by atoms with Gasteiger partial charge >= 0.3 is 12.1 Å². The molecule has 10 nitrogen and oxygen atoms in total. The van der Waals surface area contributed by atoms with E-state index < -0.39 is 54.1 Å². The second-order valence-electron chi connectivity index (χ2n) is 10.1. The highest BCUT2D eigenvalue weighted by Crippen LogP contribution is 2.37. The maximum absolute atomic E-state index is 15.4. The minimum Gasteiger partial charge on any atom is -0.367 e. The number of hydrogen-bond acceptors (Lipinski definition) is 8. The van der Waals surface area contributed by atoms with Crippen LogP contribution in [0.25, 0.3) is 10.9 Å². The summed E-state index contributed by atoms with van der Waals surface area (Å²) >= 11 is 0. The van der Waals surface area contributed by atoms with Gasteiger partial charge in [0.25, 0.3) is 17.7 Å². The monoisotopic (exact) mass is 576 g/mol. The molecule has 3 fully saturated rings. The van der Waals surface area contributed by atoms with Crippen LogP contribution in [-0.2, 0) is 26.3 Å². The number of piperazine rings is 1. The van der Waals surface area contributed by atoms with Gasteiger partial charge in [-0.1, -0.05) is 0 Å². The summed E-state index contributed by atoms with van der Waals surface area (Å²) < 4.78 is 83.5. The van der Waals surface area contributed by atoms with Crippen LogP contribution in [0.2, 0.25) is 0 Å². The third kappa shape index (κ3) is 5.09. The molecule has 3 aliphatic rings. The van der Waals surface area contributed by atoms with Gasteiger partial charge in [0.1, 0.15) is 5.82 Å². The number of aromatic nitrogens is 2. The van der Waals surface area contributed by atoms with Crippen molar-refractivity contribution < 1.29 is 45.6 Å². The van der Waals surface area contributed by atoms with E-state index in [1.165, 1.54) is 17.8 Å². The number of piperidine rings is 2. The Morgan fingerprint density at radius 3 is 2.48 bits per heavy atom. The molecule has 4 heterocycles. The zero-order valence-electron chi connectivity index (χ0n) is 21.3. The van der Waals surface area contributed by atoms with Crippen molar-refractivity contribution in [3.63, 3.8) is 0 Å². The molecule has 0 spiro atoms. The summed E-state index contributed by atoms with van der Waals surface area (Å²) in [6, 6.07) is 1.77. The minimum absolute atomic E-state index is 0.0199. The van der Waals surface area contributed by atoms with Gasteiger partial charge in [-0.2, -0.15) is 18.3 Å². The molecule has 0 saturated carbocycles. The first-order valence-electron chi connectivity index (χ1n) is 12.7. The Morgan fingerprint density at radius 1 is 1.12 bits per heavy atom. The van der Waals surface area contributed by atoms with Crippen molar-refractivity contribution in [3.8, 4) is 0 Å². The number of halogens is 6. The van der Waals surface area contributed by atoms with Crippen LogP contribution in [0.5, 0.6) is 0 Å². The quantitative estimate of drug-likeness (QED) is 0.437. The van der Waals surface area contributed by atoms with Gasteiger partial charge in [-0.3, -0.25) is 19.2 Å². The number of hydroxylamine groups is 2. The molecule has 5 rings (SSSR count). The predicted molar refractivity (Wildman–Crippen MR) is 127 cm³/mol. The van der Waals surface area contributed by atoms with Crippen molar-refractivity contribution in [3.05, 3.63) is 23.6 Å². The normalized spacial score (nSPS) is 24.6. The first kappa shape index (κ1) is 28.1. The van der Waals surface area contributed by atoms with Crippen LogP contribution < -0.4 is 10.2 Å². The largest absolute Gasteiger partial charge is 0.493 e. The molecule has 2 aromatic rings. The average Bonchev–Trinajstić information content (AvgIpc) is 3.20. The third-order valence-electron chi connectivity index (χ3n) is 7.59. The molecule has 0 radical (unpaired) electrons. The van der Waals surface area contributed by atoms with Gasteiger partial charge in [0.05, 0.1) is 35.4 Å². The zero-order chi connectivity index (χ0) is 29.0. The second-order valence-corrected chi connectivity index (χ2v) is 10.1. The Bertz CT molecular complexity index is 1340. The Kier molecular flexibility index (Phi) is 7.18. The Morgan fingerprint density at radius 2 is 1.82 bits per heavy atom. The predicted octanol–water partition coefficient (Wildman–Crippen LogP) is 2.08. The molecule has 0 bridgehead atoms. The molecule has 40 heavy (non-hydrogen) atoms. The van der Waals surface area contributed by atoms with Gasteiger partial charge in [-0.25, -0.2) is 18.0 Å². The number of carbonyl (C=O) groups is 3. The van der Waals surface area contributed by atoms with Crippen LogP contribution in [0.15, 0.2) is 12.1 Å². The molecule has 3 saturated heterocycles. The van der Waals surface area contributed by atoms with E-state index >= 15 is 4.39 Å². The summed E-state index contributed by atoms with van der Waals surface area (Å²) in [7, 11) is 1.53.